The summed E-state index contributed by atoms with van der Waals surface area (Å²) in [6.07, 6.45) is 3.54. The standard InChI is InChI=1S/C78H94ClF3N10O12S4/c1-49(51-19-24-61-65(37-51)104-46-63-71(61)106-48-83-63)73(96)85-68-39-57(93)44-92(68)75(98)72(76(2,3)4)86-69(94)15-11-8-12-16-70(95)90-34-31-88(32-35-90)30-28-55(47-105-58-13-9-7-10-14-58)84-62-25-23-59(40-67(62)107(99,100)78(80,81)82)108(101,102)87-74(97)52-20-26-64-66(38-52)103-45-56-43-89(33-36-91(56)64)42-53-41-77(5,6)29-27-60(53)50-17-21-54(79)22-18-50/h7,9-10,13-14,17-26,37-38,40,48-49,55-57,68,72,84,93H,8,11-12,15-16,27-36,39,41-47H2,1-6H3,(H,85,96)(H,86,94)(H,87,97)/t49-,55-,56+,57-,68+,72-/m1/s1. The number of halogens is 4. The van der Waals surface area contributed by atoms with Gasteiger partial charge in [-0.25, -0.2) is 26.5 Å². The number of alkyl halides is 3. The number of aliphatic hydroxyl groups excluding tert-OH is 1. The van der Waals surface area contributed by atoms with E-state index in [-0.39, 0.29) is 66.3 Å². The lowest BCUT2D eigenvalue weighted by atomic mass is 9.72. The van der Waals surface area contributed by atoms with Gasteiger partial charge < -0.3 is 45.2 Å². The Morgan fingerprint density at radius 1 is 0.833 bits per heavy atom. The summed E-state index contributed by atoms with van der Waals surface area (Å²) in [6.45, 7) is 17.5. The topological polar surface area (TPSA) is 270 Å². The van der Waals surface area contributed by atoms with Crippen molar-refractivity contribution in [3.63, 3.8) is 0 Å². The molecule has 3 fully saturated rings. The molecule has 1 aromatic heterocycles. The van der Waals surface area contributed by atoms with Gasteiger partial charge in [-0.2, -0.15) is 13.2 Å². The van der Waals surface area contributed by atoms with Crippen LogP contribution in [0.1, 0.15) is 139 Å². The highest BCUT2D eigenvalue weighted by Gasteiger charge is 2.49. The predicted molar refractivity (Wildman–Crippen MR) is 411 cm³/mol. The zero-order valence-electron chi connectivity index (χ0n) is 61.5. The molecule has 6 aliphatic rings. The molecule has 108 heavy (non-hydrogen) atoms. The summed E-state index contributed by atoms with van der Waals surface area (Å²) in [5.41, 5.74) is 1.91. The second kappa shape index (κ2) is 33.4. The van der Waals surface area contributed by atoms with Gasteiger partial charge in [-0.05, 0) is 146 Å². The summed E-state index contributed by atoms with van der Waals surface area (Å²) < 4.78 is 113. The number of nitrogens with zero attached hydrogens (tertiary/aromatic N) is 6. The number of allylic oxidation sites excluding steroid dienone is 1. The van der Waals surface area contributed by atoms with Crippen LogP contribution in [0, 0.1) is 10.8 Å². The fourth-order valence-electron chi connectivity index (χ4n) is 15.0. The number of sulfonamides is 1. The number of hydrogen-bond donors (Lipinski definition) is 5. The van der Waals surface area contributed by atoms with E-state index in [4.69, 9.17) is 21.1 Å². The van der Waals surface area contributed by atoms with Crippen LogP contribution in [0.5, 0.6) is 11.5 Å². The van der Waals surface area contributed by atoms with Crippen LogP contribution in [0.3, 0.4) is 0 Å². The second-order valence-corrected chi connectivity index (χ2v) is 36.7. The summed E-state index contributed by atoms with van der Waals surface area (Å²) >= 11 is 9.16. The largest absolute Gasteiger partial charge is 0.501 e. The number of fused-ring (bicyclic) bond motifs is 6. The first-order valence-electron chi connectivity index (χ1n) is 36.7. The third kappa shape index (κ3) is 19.0. The molecule has 5 N–H and O–H groups in total. The molecule has 6 aromatic rings. The molecule has 580 valence electrons. The molecule has 6 heterocycles. The number of likely N-dealkylation sites (tertiary alicyclic amines) is 1. The van der Waals surface area contributed by atoms with E-state index in [9.17, 15) is 59.1 Å². The van der Waals surface area contributed by atoms with Gasteiger partial charge in [0, 0.05) is 118 Å². The first kappa shape index (κ1) is 79.8. The van der Waals surface area contributed by atoms with Crippen LogP contribution < -0.4 is 35.0 Å². The van der Waals surface area contributed by atoms with E-state index < -0.39 is 88.3 Å². The SMILES string of the molecule is C[C@@H](C(=O)N[C@@H]1C[C@@H](O)CN1C(=O)[C@@H](NC(=O)CCCCCC(=O)N1CCN(CC[C@H](CSc2ccccc2)Nc2ccc(S(=O)(=O)NC(=O)c3ccc4c(c3)OC[C@@H]3CN(CC5=C(c6ccc(Cl)cc6)CCC(C)(C)C5)CCN43)cc2S(=O)(=O)C(F)(F)F)CC1)C(C)(C)C)c1ccc2c(c1)OCc1ncsc1-2. The lowest BCUT2D eigenvalue weighted by Gasteiger charge is -2.46. The molecule has 12 rings (SSSR count). The van der Waals surface area contributed by atoms with Crippen LogP contribution in [0.4, 0.5) is 24.5 Å². The van der Waals surface area contributed by atoms with Crippen molar-refractivity contribution >= 4 is 101 Å². The van der Waals surface area contributed by atoms with Gasteiger partial charge in [-0.1, -0.05) is 94.6 Å². The number of rotatable bonds is 26. The fourth-order valence-corrected chi connectivity index (χ4v) is 19.0. The Morgan fingerprint density at radius 3 is 2.31 bits per heavy atom. The third-order valence-electron chi connectivity index (χ3n) is 21.2. The Kier molecular flexibility index (Phi) is 24.7. The molecule has 6 atom stereocenters. The number of β-amino-alcohol motifs (C(OH)–C–C–N with tert-alkyl or cyclic N) is 1. The van der Waals surface area contributed by atoms with Crippen molar-refractivity contribution in [2.24, 2.45) is 10.8 Å². The van der Waals surface area contributed by atoms with E-state index in [2.05, 4.69) is 61.6 Å². The van der Waals surface area contributed by atoms with Gasteiger partial charge in [0.25, 0.3) is 25.8 Å². The van der Waals surface area contributed by atoms with Gasteiger partial charge in [0.15, 0.2) is 0 Å². The van der Waals surface area contributed by atoms with Crippen LogP contribution in [0.15, 0.2) is 135 Å². The molecule has 5 amide bonds. The summed E-state index contributed by atoms with van der Waals surface area (Å²) in [5, 5.41) is 20.4. The van der Waals surface area contributed by atoms with Crippen molar-refractivity contribution in [2.75, 3.05) is 88.0 Å². The monoisotopic (exact) mass is 1580 g/mol. The molecule has 3 saturated heterocycles. The number of aromatic nitrogens is 1. The number of piperazine rings is 2. The fraction of sp³-hybridized carbons (Fsp3) is 0.487. The van der Waals surface area contributed by atoms with Gasteiger partial charge in [-0.15, -0.1) is 23.1 Å². The summed E-state index contributed by atoms with van der Waals surface area (Å²) in [5.74, 6) is -1.66. The molecule has 0 radical (unpaired) electrons. The zero-order valence-corrected chi connectivity index (χ0v) is 65.5. The zero-order chi connectivity index (χ0) is 77.0. The van der Waals surface area contributed by atoms with Crippen LogP contribution in [0.2, 0.25) is 5.02 Å². The highest BCUT2D eigenvalue weighted by Crippen LogP contribution is 2.46. The molecule has 1 aliphatic carbocycles. The molecule has 0 unspecified atom stereocenters. The average molecular weight is 1580 g/mol. The molecule has 22 nitrogen and oxygen atoms in total. The minimum absolute atomic E-state index is 0.0144. The van der Waals surface area contributed by atoms with Crippen LogP contribution in [0.25, 0.3) is 16.0 Å². The van der Waals surface area contributed by atoms with Gasteiger partial charge in [0.2, 0.25) is 23.6 Å². The Bertz CT molecular complexity index is 4570. The first-order valence-corrected chi connectivity index (χ1v) is 42.0. The van der Waals surface area contributed by atoms with Crippen molar-refractivity contribution in [3.8, 4) is 21.9 Å². The maximum Gasteiger partial charge on any atom is 0.501 e. The second-order valence-electron chi connectivity index (χ2n) is 30.7. The average Bonchev–Trinajstić information content (AvgIpc) is 0.894. The van der Waals surface area contributed by atoms with Gasteiger partial charge >= 0.3 is 5.51 Å². The maximum atomic E-state index is 14.7. The molecule has 30 heteroatoms. The lowest BCUT2D eigenvalue weighted by molar-refractivity contribution is -0.142. The minimum Gasteiger partial charge on any atom is -0.489 e. The summed E-state index contributed by atoms with van der Waals surface area (Å²) in [6, 6.07) is 28.1. The number of unbranched alkanes of at least 4 members (excludes halogenated alkanes) is 2. The smallest absolute Gasteiger partial charge is 0.489 e. The van der Waals surface area contributed by atoms with Gasteiger partial charge in [0.1, 0.15) is 41.8 Å². The number of ether oxygens (including phenoxy) is 2. The number of thioether (sulfide) groups is 1. The number of nitrogens with one attached hydrogen (secondary N) is 4. The van der Waals surface area contributed by atoms with Crippen molar-refractivity contribution in [1.82, 2.24) is 39.9 Å². The third-order valence-corrected chi connectivity index (χ3v) is 26.4. The quantitative estimate of drug-likeness (QED) is 0.0249. The van der Waals surface area contributed by atoms with E-state index in [1.807, 2.05) is 86.2 Å². The molecule has 0 saturated carbocycles. The number of amides is 5. The predicted octanol–water partition coefficient (Wildman–Crippen LogP) is 11.7. The lowest BCUT2D eigenvalue weighted by Crippen LogP contribution is -2.58. The minimum atomic E-state index is -6.21. The highest BCUT2D eigenvalue weighted by molar-refractivity contribution is 7.99. The van der Waals surface area contributed by atoms with Crippen molar-refractivity contribution < 1.29 is 68.6 Å². The summed E-state index contributed by atoms with van der Waals surface area (Å²) in [7, 11) is -11.2. The number of anilines is 2. The molecular formula is C78H94ClF3N10O12S4. The van der Waals surface area contributed by atoms with E-state index in [0.717, 1.165) is 76.8 Å². The van der Waals surface area contributed by atoms with Crippen molar-refractivity contribution in [1.29, 1.82) is 0 Å². The number of sulfone groups is 1. The molecule has 5 aliphatic heterocycles. The molecule has 0 bridgehead atoms. The molecule has 0 spiro atoms. The Morgan fingerprint density at radius 2 is 1.57 bits per heavy atom. The molecular weight excluding hydrogens is 1490 g/mol. The van der Waals surface area contributed by atoms with Crippen LogP contribution >= 0.6 is 34.7 Å². The molecule has 5 aromatic carbocycles. The van der Waals surface area contributed by atoms with Crippen LogP contribution in [-0.4, -0.2) is 190 Å². The van der Waals surface area contributed by atoms with Gasteiger partial charge in [-0.3, -0.25) is 33.8 Å². The van der Waals surface area contributed by atoms with E-state index >= 15 is 0 Å². The van der Waals surface area contributed by atoms with Gasteiger partial charge in [0.05, 0.1) is 50.4 Å². The highest BCUT2D eigenvalue weighted by atomic mass is 35.5. The van der Waals surface area contributed by atoms with Crippen LogP contribution in [-0.2, 0) is 45.6 Å². The van der Waals surface area contributed by atoms with Crippen molar-refractivity contribution in [3.05, 3.63) is 148 Å². The number of carbonyl (C=O) groups excluding carboxylic acids is 5. The number of carbonyl (C=O) groups is 5. The van der Waals surface area contributed by atoms with E-state index in [1.54, 1.807) is 23.4 Å². The Hall–Kier alpha value is -7.77. The Labute approximate surface area is 642 Å². The number of thiazole rings is 1. The first-order chi connectivity index (χ1) is 51.3. The van der Waals surface area contributed by atoms with E-state index in [0.29, 0.717) is 107 Å². The van der Waals surface area contributed by atoms with E-state index in [1.165, 1.54) is 56.8 Å². The normalized spacial score (nSPS) is 19.8. The Balaban J connectivity index is 0.614. The number of benzene rings is 5. The number of hydrogen-bond acceptors (Lipinski definition) is 19. The van der Waals surface area contributed by atoms with Crippen molar-refractivity contribution in [2.45, 2.75) is 169 Å². The maximum absolute atomic E-state index is 14.7. The number of aliphatic hydroxyl groups is 1. The summed E-state index contributed by atoms with van der Waals surface area (Å²) in [4.78, 5) is 83.0.